The van der Waals surface area contributed by atoms with Gasteiger partial charge in [0.05, 0.1) is 11.3 Å². The molecule has 0 unspecified atom stereocenters. The van der Waals surface area contributed by atoms with Gasteiger partial charge in [-0.25, -0.2) is 4.79 Å². The van der Waals surface area contributed by atoms with Gasteiger partial charge in [-0.1, -0.05) is 0 Å². The molecule has 2 rings (SSSR count). The van der Waals surface area contributed by atoms with Gasteiger partial charge in [-0.15, -0.1) is 10.2 Å². The molecule has 1 aromatic carbocycles. The van der Waals surface area contributed by atoms with Gasteiger partial charge in [-0.2, -0.15) is 10.5 Å². The van der Waals surface area contributed by atoms with Crippen LogP contribution in [-0.4, -0.2) is 36.8 Å². The molecule has 2 aromatic rings. The molecular formula is C11H8N6O3. The molecule has 9 nitrogen and oxygen atoms in total. The van der Waals surface area contributed by atoms with Crippen LogP contribution in [0.5, 0.6) is 5.75 Å². The zero-order chi connectivity index (χ0) is 14.5. The van der Waals surface area contributed by atoms with E-state index in [2.05, 4.69) is 25.9 Å². The second-order valence-corrected chi connectivity index (χ2v) is 3.59. The third kappa shape index (κ3) is 2.70. The fraction of sp³-hybridized carbons (Fsp3) is 0. The van der Waals surface area contributed by atoms with Crippen LogP contribution in [-0.2, 0) is 0 Å². The highest BCUT2D eigenvalue weighted by Crippen LogP contribution is 2.24. The van der Waals surface area contributed by atoms with Crippen LogP contribution < -0.4 is 5.32 Å². The lowest BCUT2D eigenvalue weighted by molar-refractivity contribution is 0.0697. The van der Waals surface area contributed by atoms with Gasteiger partial charge >= 0.3 is 5.97 Å². The Morgan fingerprint density at radius 3 is 2.90 bits per heavy atom. The first-order chi connectivity index (χ1) is 9.61. The van der Waals surface area contributed by atoms with E-state index in [-0.39, 0.29) is 28.4 Å². The molecule has 0 spiro atoms. The first-order valence-electron chi connectivity index (χ1n) is 5.28. The number of aromatic amines is 1. The van der Waals surface area contributed by atoms with Crippen LogP contribution in [0, 0.1) is 11.3 Å². The Bertz CT molecular complexity index is 701. The molecule has 0 atom stereocenters. The van der Waals surface area contributed by atoms with Crippen LogP contribution in [0.4, 0.5) is 5.69 Å². The van der Waals surface area contributed by atoms with Gasteiger partial charge in [0.15, 0.2) is 0 Å². The highest BCUT2D eigenvalue weighted by Gasteiger charge is 2.09. The van der Waals surface area contributed by atoms with Gasteiger partial charge in [0.25, 0.3) is 0 Å². The number of carboxylic acid groups (broad SMARTS) is 1. The number of benzene rings is 1. The number of allylic oxidation sites excluding steroid dienone is 1. The van der Waals surface area contributed by atoms with Crippen molar-refractivity contribution in [1.29, 1.82) is 5.26 Å². The van der Waals surface area contributed by atoms with Crippen molar-refractivity contribution < 1.29 is 15.0 Å². The number of nitriles is 1. The first kappa shape index (κ1) is 13.0. The monoisotopic (exact) mass is 272 g/mol. The Morgan fingerprint density at radius 1 is 1.50 bits per heavy atom. The van der Waals surface area contributed by atoms with Crippen molar-refractivity contribution in [3.8, 4) is 11.8 Å². The van der Waals surface area contributed by atoms with E-state index in [1.807, 2.05) is 6.07 Å². The molecule has 0 radical (unpaired) electrons. The first-order valence-corrected chi connectivity index (χ1v) is 5.28. The molecule has 0 aliphatic rings. The number of H-pyrrole nitrogens is 1. The van der Waals surface area contributed by atoms with Crippen LogP contribution in [0.25, 0.3) is 5.57 Å². The van der Waals surface area contributed by atoms with Gasteiger partial charge in [-0.3, -0.25) is 0 Å². The lowest BCUT2D eigenvalue weighted by Crippen LogP contribution is -1.98. The molecule has 9 heteroatoms. The number of carbonyl (C=O) groups is 1. The minimum absolute atomic E-state index is 0.00299. The van der Waals surface area contributed by atoms with E-state index in [0.717, 1.165) is 0 Å². The third-order valence-corrected chi connectivity index (χ3v) is 2.32. The summed E-state index contributed by atoms with van der Waals surface area (Å²) in [7, 11) is 0. The molecule has 0 saturated carbocycles. The molecule has 0 aliphatic carbocycles. The number of nitrogens with zero attached hydrogens (tertiary/aromatic N) is 4. The molecule has 0 saturated heterocycles. The molecule has 4 N–H and O–H groups in total. The normalized spacial score (nSPS) is 10.8. The quantitative estimate of drug-likeness (QED) is 0.466. The van der Waals surface area contributed by atoms with Crippen molar-refractivity contribution in [2.75, 3.05) is 5.32 Å². The Hall–Kier alpha value is -3.41. The third-order valence-electron chi connectivity index (χ3n) is 2.32. The summed E-state index contributed by atoms with van der Waals surface area (Å²) >= 11 is 0. The van der Waals surface area contributed by atoms with Gasteiger partial charge in [0.2, 0.25) is 5.82 Å². The SMILES string of the molecule is N#CC(=CNc1cc(C(=O)O)ccc1O)c1nn[nH]n1. The number of phenolic OH excluding ortho intramolecular Hbond substituents is 1. The number of nitrogens with one attached hydrogen (secondary N) is 2. The molecular weight excluding hydrogens is 264 g/mol. The number of phenols is 1. The van der Waals surface area contributed by atoms with Crippen LogP contribution in [0.1, 0.15) is 16.2 Å². The number of tetrazole rings is 1. The summed E-state index contributed by atoms with van der Waals surface area (Å²) in [6, 6.07) is 5.58. The van der Waals surface area contributed by atoms with E-state index >= 15 is 0 Å². The summed E-state index contributed by atoms with van der Waals surface area (Å²) in [5.74, 6) is -1.21. The minimum Gasteiger partial charge on any atom is -0.506 e. The maximum Gasteiger partial charge on any atom is 0.335 e. The number of aromatic nitrogens is 4. The zero-order valence-corrected chi connectivity index (χ0v) is 9.90. The van der Waals surface area contributed by atoms with Gasteiger partial charge in [0, 0.05) is 6.20 Å². The largest absolute Gasteiger partial charge is 0.506 e. The Kier molecular flexibility index (Phi) is 3.58. The highest BCUT2D eigenvalue weighted by atomic mass is 16.4. The van der Waals surface area contributed by atoms with Crippen molar-refractivity contribution in [2.45, 2.75) is 0 Å². The number of aromatic hydroxyl groups is 1. The second kappa shape index (κ2) is 5.49. The van der Waals surface area contributed by atoms with E-state index in [9.17, 15) is 9.90 Å². The van der Waals surface area contributed by atoms with E-state index in [0.29, 0.717) is 0 Å². The van der Waals surface area contributed by atoms with Crippen molar-refractivity contribution in [1.82, 2.24) is 20.6 Å². The Labute approximate surface area is 112 Å². The molecule has 1 aromatic heterocycles. The predicted molar refractivity (Wildman–Crippen MR) is 66.5 cm³/mol. The average Bonchev–Trinajstić information content (AvgIpc) is 2.95. The van der Waals surface area contributed by atoms with Crippen LogP contribution in [0.3, 0.4) is 0 Å². The van der Waals surface area contributed by atoms with Crippen molar-refractivity contribution in [3.05, 3.63) is 35.8 Å². The lowest BCUT2D eigenvalue weighted by Gasteiger charge is -2.05. The van der Waals surface area contributed by atoms with E-state index in [1.165, 1.54) is 24.4 Å². The summed E-state index contributed by atoms with van der Waals surface area (Å²) in [5.41, 5.74) is 0.205. The fourth-order valence-electron chi connectivity index (χ4n) is 1.36. The standard InChI is InChI=1S/C11H8N6O3/c12-4-7(10-14-16-17-15-10)5-13-8-3-6(11(19)20)1-2-9(8)18/h1-3,5,13,18H,(H,19,20)(H,14,15,16,17). The van der Waals surface area contributed by atoms with Crippen molar-refractivity contribution in [3.63, 3.8) is 0 Å². The summed E-state index contributed by atoms with van der Waals surface area (Å²) in [6.07, 6.45) is 1.24. The molecule has 20 heavy (non-hydrogen) atoms. The number of rotatable bonds is 4. The highest BCUT2D eigenvalue weighted by molar-refractivity contribution is 5.89. The number of hydrogen-bond donors (Lipinski definition) is 4. The molecule has 100 valence electrons. The van der Waals surface area contributed by atoms with Crippen molar-refractivity contribution >= 4 is 17.2 Å². The molecule has 1 heterocycles. The molecule has 0 fully saturated rings. The number of anilines is 1. The molecule has 0 amide bonds. The topological polar surface area (TPSA) is 148 Å². The Morgan fingerprint density at radius 2 is 2.30 bits per heavy atom. The second-order valence-electron chi connectivity index (χ2n) is 3.59. The van der Waals surface area contributed by atoms with Gasteiger partial charge in [-0.05, 0) is 23.4 Å². The smallest absolute Gasteiger partial charge is 0.335 e. The average molecular weight is 272 g/mol. The van der Waals surface area contributed by atoms with Gasteiger partial charge in [0.1, 0.15) is 17.4 Å². The lowest BCUT2D eigenvalue weighted by atomic mass is 10.2. The maximum absolute atomic E-state index is 10.8. The van der Waals surface area contributed by atoms with E-state index in [1.54, 1.807) is 0 Å². The number of aromatic carboxylic acids is 1. The van der Waals surface area contributed by atoms with Crippen molar-refractivity contribution in [2.24, 2.45) is 0 Å². The summed E-state index contributed by atoms with van der Waals surface area (Å²) in [6.45, 7) is 0. The molecule has 0 bridgehead atoms. The minimum atomic E-state index is -1.13. The predicted octanol–water partition coefficient (Wildman–Crippen LogP) is 0.580. The molecule has 0 aliphatic heterocycles. The Balaban J connectivity index is 2.28. The van der Waals surface area contributed by atoms with E-state index < -0.39 is 5.97 Å². The van der Waals surface area contributed by atoms with Crippen LogP contribution in [0.15, 0.2) is 24.4 Å². The van der Waals surface area contributed by atoms with E-state index in [4.69, 9.17) is 10.4 Å². The number of carboxylic acids is 1. The fourth-order valence-corrected chi connectivity index (χ4v) is 1.36. The summed E-state index contributed by atoms with van der Waals surface area (Å²) in [4.78, 5) is 10.8. The van der Waals surface area contributed by atoms with Gasteiger partial charge < -0.3 is 15.5 Å². The zero-order valence-electron chi connectivity index (χ0n) is 9.90. The number of hydrogen-bond acceptors (Lipinski definition) is 7. The maximum atomic E-state index is 10.8. The van der Waals surface area contributed by atoms with Crippen LogP contribution >= 0.6 is 0 Å². The summed E-state index contributed by atoms with van der Waals surface area (Å²) in [5, 5.41) is 42.8. The van der Waals surface area contributed by atoms with Crippen LogP contribution in [0.2, 0.25) is 0 Å². The summed E-state index contributed by atoms with van der Waals surface area (Å²) < 4.78 is 0.